The largest absolute Gasteiger partial charge is 0.317 e. The maximum atomic E-state index is 12.4. The van der Waals surface area contributed by atoms with Gasteiger partial charge in [-0.25, -0.2) is 13.1 Å². The van der Waals surface area contributed by atoms with Gasteiger partial charge in [0.05, 0.1) is 11.3 Å². The van der Waals surface area contributed by atoms with Crippen LogP contribution in [0.2, 0.25) is 0 Å². The lowest BCUT2D eigenvalue weighted by Gasteiger charge is -2.23. The van der Waals surface area contributed by atoms with E-state index in [2.05, 4.69) is 0 Å². The van der Waals surface area contributed by atoms with E-state index in [1.54, 1.807) is 37.3 Å². The topological polar surface area (TPSA) is 83.6 Å². The second kappa shape index (κ2) is 9.05. The molecule has 26 heavy (non-hydrogen) atoms. The van der Waals surface area contributed by atoms with Gasteiger partial charge in [-0.15, -0.1) is 11.8 Å². The molecular weight excluding hydrogens is 372 g/mol. The van der Waals surface area contributed by atoms with Gasteiger partial charge in [-0.2, -0.15) is 0 Å². The highest BCUT2D eigenvalue weighted by Gasteiger charge is 2.36. The van der Waals surface area contributed by atoms with Gasteiger partial charge in [-0.1, -0.05) is 43.3 Å². The van der Waals surface area contributed by atoms with Gasteiger partial charge < -0.3 is 4.90 Å². The van der Waals surface area contributed by atoms with E-state index in [9.17, 15) is 18.0 Å². The Bertz CT molecular complexity index is 817. The molecule has 1 unspecified atom stereocenters. The Labute approximate surface area is 158 Å². The molecule has 1 aromatic carbocycles. The fourth-order valence-electron chi connectivity index (χ4n) is 2.45. The van der Waals surface area contributed by atoms with Crippen molar-refractivity contribution in [2.75, 3.05) is 11.6 Å². The molecule has 1 aliphatic heterocycles. The van der Waals surface area contributed by atoms with Crippen LogP contribution < -0.4 is 4.72 Å². The Morgan fingerprint density at radius 3 is 2.65 bits per heavy atom. The SMILES string of the molecule is CC/C=C(/C)C(=O)N1CSCC1C(=O)NS(=O)(=O)/C=C/c1ccccc1. The van der Waals surface area contributed by atoms with Crippen molar-refractivity contribution in [3.8, 4) is 0 Å². The van der Waals surface area contributed by atoms with Gasteiger partial charge in [0.1, 0.15) is 6.04 Å². The number of sulfonamides is 1. The third-order valence-electron chi connectivity index (χ3n) is 3.78. The smallest absolute Gasteiger partial charge is 0.257 e. The fourth-order valence-corrected chi connectivity index (χ4v) is 4.43. The zero-order valence-corrected chi connectivity index (χ0v) is 16.3. The number of hydrogen-bond acceptors (Lipinski definition) is 5. The highest BCUT2D eigenvalue weighted by atomic mass is 32.2. The first-order valence-corrected chi connectivity index (χ1v) is 10.9. The van der Waals surface area contributed by atoms with E-state index in [1.807, 2.05) is 17.7 Å². The van der Waals surface area contributed by atoms with Crippen LogP contribution in [-0.4, -0.2) is 42.8 Å². The minimum atomic E-state index is -3.94. The molecule has 1 N–H and O–H groups in total. The highest BCUT2D eigenvalue weighted by Crippen LogP contribution is 2.23. The van der Waals surface area contributed by atoms with E-state index < -0.39 is 22.0 Å². The van der Waals surface area contributed by atoms with Gasteiger partial charge in [0.15, 0.2) is 0 Å². The summed E-state index contributed by atoms with van der Waals surface area (Å²) in [5.74, 6) is -0.194. The van der Waals surface area contributed by atoms with Crippen molar-refractivity contribution >= 4 is 39.7 Å². The number of rotatable bonds is 6. The minimum absolute atomic E-state index is 0.241. The molecule has 0 aliphatic carbocycles. The molecular formula is C18H22N2O4S2. The van der Waals surface area contributed by atoms with Crippen LogP contribution in [0, 0.1) is 0 Å². The van der Waals surface area contributed by atoms with E-state index in [4.69, 9.17) is 0 Å². The molecule has 2 rings (SSSR count). The second-order valence-corrected chi connectivity index (χ2v) is 8.38. The number of carbonyl (C=O) groups excluding carboxylic acids is 2. The predicted molar refractivity (Wildman–Crippen MR) is 105 cm³/mol. The summed E-state index contributed by atoms with van der Waals surface area (Å²) < 4.78 is 26.3. The van der Waals surface area contributed by atoms with Crippen LogP contribution in [0.5, 0.6) is 0 Å². The summed E-state index contributed by atoms with van der Waals surface area (Å²) in [6.45, 7) is 3.62. The Morgan fingerprint density at radius 2 is 2.00 bits per heavy atom. The summed E-state index contributed by atoms with van der Waals surface area (Å²) in [7, 11) is -3.94. The van der Waals surface area contributed by atoms with Crippen LogP contribution in [0.15, 0.2) is 47.4 Å². The van der Waals surface area contributed by atoms with Crippen LogP contribution in [0.4, 0.5) is 0 Å². The molecule has 0 spiro atoms. The molecule has 0 saturated carbocycles. The highest BCUT2D eigenvalue weighted by molar-refractivity contribution is 7.99. The number of hydrogen-bond donors (Lipinski definition) is 1. The third kappa shape index (κ3) is 5.47. The summed E-state index contributed by atoms with van der Waals surface area (Å²) in [6, 6.07) is 8.11. The van der Waals surface area contributed by atoms with Gasteiger partial charge in [-0.3, -0.25) is 9.59 Å². The van der Waals surface area contributed by atoms with Crippen molar-refractivity contribution in [2.45, 2.75) is 26.3 Å². The maximum Gasteiger partial charge on any atom is 0.257 e. The molecule has 8 heteroatoms. The number of benzene rings is 1. The summed E-state index contributed by atoms with van der Waals surface area (Å²) >= 11 is 1.42. The van der Waals surface area contributed by atoms with Crippen LogP contribution in [0.3, 0.4) is 0 Å². The molecule has 1 heterocycles. The van der Waals surface area contributed by atoms with Crippen LogP contribution >= 0.6 is 11.8 Å². The van der Waals surface area contributed by atoms with Crippen LogP contribution in [0.25, 0.3) is 6.08 Å². The van der Waals surface area contributed by atoms with Crippen molar-refractivity contribution in [2.24, 2.45) is 0 Å². The van der Waals surface area contributed by atoms with E-state index in [1.165, 1.54) is 22.7 Å². The predicted octanol–water partition coefficient (Wildman–Crippen LogP) is 2.36. The lowest BCUT2D eigenvalue weighted by atomic mass is 10.2. The molecule has 1 aromatic rings. The monoisotopic (exact) mass is 394 g/mol. The van der Waals surface area contributed by atoms with Crippen molar-refractivity contribution < 1.29 is 18.0 Å². The molecule has 0 radical (unpaired) electrons. The second-order valence-electron chi connectivity index (χ2n) is 5.81. The number of nitrogens with one attached hydrogen (secondary N) is 1. The number of allylic oxidation sites excluding steroid dienone is 1. The van der Waals surface area contributed by atoms with Crippen LogP contribution in [0.1, 0.15) is 25.8 Å². The van der Waals surface area contributed by atoms with Gasteiger partial charge in [0.2, 0.25) is 0 Å². The van der Waals surface area contributed by atoms with E-state index in [-0.39, 0.29) is 5.91 Å². The number of thioether (sulfide) groups is 1. The average molecular weight is 395 g/mol. The quantitative estimate of drug-likeness (QED) is 0.749. The standard InChI is InChI=1S/C18H22N2O4S2/c1-3-7-14(2)18(22)20-13-25-12-16(20)17(21)19-26(23,24)11-10-15-8-5-4-6-9-15/h4-11,16H,3,12-13H2,1-2H3,(H,19,21)/b11-10+,14-7-. The van der Waals surface area contributed by atoms with Crippen molar-refractivity contribution in [1.82, 2.24) is 9.62 Å². The molecule has 1 aliphatic rings. The van der Waals surface area contributed by atoms with Crippen molar-refractivity contribution in [3.05, 3.63) is 53.0 Å². The van der Waals surface area contributed by atoms with Crippen molar-refractivity contribution in [3.63, 3.8) is 0 Å². The molecule has 1 saturated heterocycles. The molecule has 2 amide bonds. The molecule has 0 bridgehead atoms. The first-order chi connectivity index (χ1) is 12.3. The Morgan fingerprint density at radius 1 is 1.31 bits per heavy atom. The lowest BCUT2D eigenvalue weighted by Crippen LogP contribution is -2.48. The number of nitrogens with zero attached hydrogens (tertiary/aromatic N) is 1. The summed E-state index contributed by atoms with van der Waals surface area (Å²) in [6.07, 6.45) is 3.92. The van der Waals surface area contributed by atoms with Crippen molar-refractivity contribution in [1.29, 1.82) is 0 Å². The minimum Gasteiger partial charge on any atom is -0.317 e. The average Bonchev–Trinajstić information content (AvgIpc) is 3.10. The first-order valence-electron chi connectivity index (χ1n) is 8.19. The number of amides is 2. The molecule has 1 fully saturated rings. The normalized spacial score (nSPS) is 18.3. The molecule has 6 nitrogen and oxygen atoms in total. The lowest BCUT2D eigenvalue weighted by molar-refractivity contribution is -0.134. The van der Waals surface area contributed by atoms with Crippen LogP contribution in [-0.2, 0) is 19.6 Å². The first kappa shape index (κ1) is 20.3. The van der Waals surface area contributed by atoms with Gasteiger partial charge in [-0.05, 0) is 25.0 Å². The fraction of sp³-hybridized carbons (Fsp3) is 0.333. The number of carbonyl (C=O) groups is 2. The zero-order chi connectivity index (χ0) is 19.2. The van der Waals surface area contributed by atoms with Gasteiger partial charge in [0, 0.05) is 11.3 Å². The van der Waals surface area contributed by atoms with Gasteiger partial charge >= 0.3 is 0 Å². The summed E-state index contributed by atoms with van der Waals surface area (Å²) in [4.78, 5) is 26.3. The zero-order valence-electron chi connectivity index (χ0n) is 14.7. The molecule has 1 atom stereocenters. The Kier molecular flexibility index (Phi) is 7.05. The van der Waals surface area contributed by atoms with E-state index in [0.29, 0.717) is 29.2 Å². The van der Waals surface area contributed by atoms with E-state index >= 15 is 0 Å². The molecule has 0 aromatic heterocycles. The molecule has 140 valence electrons. The van der Waals surface area contributed by atoms with Gasteiger partial charge in [0.25, 0.3) is 21.8 Å². The third-order valence-corrected chi connectivity index (χ3v) is 5.77. The summed E-state index contributed by atoms with van der Waals surface area (Å²) in [5.41, 5.74) is 1.26. The summed E-state index contributed by atoms with van der Waals surface area (Å²) in [5, 5.41) is 0.955. The maximum absolute atomic E-state index is 12.4. The van der Waals surface area contributed by atoms with E-state index in [0.717, 1.165) is 5.41 Å². The Hall–Kier alpha value is -2.06. The Balaban J connectivity index is 2.06.